The second kappa shape index (κ2) is 11.5. The first kappa shape index (κ1) is 25.0. The highest BCUT2D eigenvalue weighted by atomic mass is 79.9. The number of hydrogen-bond donors (Lipinski definition) is 0. The molecule has 1 amide bonds. The molecule has 174 valence electrons. The summed E-state index contributed by atoms with van der Waals surface area (Å²) in [6, 6.07) is 7.18. The monoisotopic (exact) mass is 521 g/mol. The van der Waals surface area contributed by atoms with E-state index >= 15 is 0 Å². The van der Waals surface area contributed by atoms with Gasteiger partial charge in [0.15, 0.2) is 5.49 Å². The van der Waals surface area contributed by atoms with E-state index in [0.717, 1.165) is 5.56 Å². The highest BCUT2D eigenvalue weighted by Crippen LogP contribution is 2.14. The van der Waals surface area contributed by atoms with Gasteiger partial charge in [0.25, 0.3) is 11.5 Å². The molecule has 0 unspecified atom stereocenters. The van der Waals surface area contributed by atoms with E-state index in [-0.39, 0.29) is 28.4 Å². The predicted octanol–water partition coefficient (Wildman–Crippen LogP) is 3.70. The van der Waals surface area contributed by atoms with Crippen LogP contribution in [0.3, 0.4) is 0 Å². The Morgan fingerprint density at radius 2 is 2.18 bits per heavy atom. The maximum atomic E-state index is 13.2. The highest BCUT2D eigenvalue weighted by Gasteiger charge is 2.16. The Balaban J connectivity index is 2.29. The summed E-state index contributed by atoms with van der Waals surface area (Å²) in [7, 11) is 1.59. The maximum Gasteiger partial charge on any atom is 0.267 e. The topological polar surface area (TPSA) is 102 Å². The fourth-order valence-corrected chi connectivity index (χ4v) is 3.86. The van der Waals surface area contributed by atoms with Gasteiger partial charge in [0.2, 0.25) is 0 Å². The molecule has 0 spiro atoms. The highest BCUT2D eigenvalue weighted by molar-refractivity contribution is 9.11. The SMILES string of the molecule is C=C/C=C\C=C(\Br)CC(=O)N=c1c(C#N)cc2c(=O)n3cccc(C)c3nc2n1CCCOC. The molecule has 0 bridgehead atoms. The largest absolute Gasteiger partial charge is 0.385 e. The molecule has 3 aromatic rings. The van der Waals surface area contributed by atoms with E-state index in [4.69, 9.17) is 9.72 Å². The fourth-order valence-electron chi connectivity index (χ4n) is 3.47. The lowest BCUT2D eigenvalue weighted by Gasteiger charge is -2.14. The van der Waals surface area contributed by atoms with Gasteiger partial charge in [-0.3, -0.25) is 14.0 Å². The zero-order chi connectivity index (χ0) is 24.7. The van der Waals surface area contributed by atoms with Crippen LogP contribution in [0.1, 0.15) is 24.0 Å². The Morgan fingerprint density at radius 1 is 1.38 bits per heavy atom. The summed E-state index contributed by atoms with van der Waals surface area (Å²) >= 11 is 3.36. The standard InChI is InChI=1S/C25H24BrN5O3/c1-4-5-6-10-19(26)15-21(32)28-23-18(16-27)14-20-24(30(23)12-8-13-34-3)29-22-17(2)9-7-11-31(22)25(20)33/h4-7,9-11,14H,1,8,12-13,15H2,2-3H3/b6-5-,19-10+,28-23?. The van der Waals surface area contributed by atoms with Crippen molar-refractivity contribution < 1.29 is 9.53 Å². The van der Waals surface area contributed by atoms with Crippen molar-refractivity contribution in [3.05, 3.63) is 86.7 Å². The van der Waals surface area contributed by atoms with E-state index in [9.17, 15) is 14.9 Å². The Labute approximate surface area is 205 Å². The quantitative estimate of drug-likeness (QED) is 0.255. The molecule has 0 saturated carbocycles. The third kappa shape index (κ3) is 5.47. The third-order valence-electron chi connectivity index (χ3n) is 5.03. The first-order valence-corrected chi connectivity index (χ1v) is 11.4. The Morgan fingerprint density at radius 3 is 2.88 bits per heavy atom. The summed E-state index contributed by atoms with van der Waals surface area (Å²) in [6.45, 7) is 6.28. The zero-order valence-electron chi connectivity index (χ0n) is 19.0. The van der Waals surface area contributed by atoms with Crippen LogP contribution in [-0.2, 0) is 16.1 Å². The maximum absolute atomic E-state index is 13.2. The van der Waals surface area contributed by atoms with Crippen molar-refractivity contribution in [3.8, 4) is 6.07 Å². The van der Waals surface area contributed by atoms with Crippen molar-refractivity contribution in [3.63, 3.8) is 0 Å². The average Bonchev–Trinajstić information content (AvgIpc) is 2.81. The van der Waals surface area contributed by atoms with Gasteiger partial charge in [0, 0.05) is 30.9 Å². The third-order valence-corrected chi connectivity index (χ3v) is 5.58. The van der Waals surface area contributed by atoms with Crippen LogP contribution in [0.2, 0.25) is 0 Å². The normalized spacial score (nSPS) is 12.5. The number of carbonyl (C=O) groups is 1. The number of aryl methyl sites for hydroxylation is 2. The summed E-state index contributed by atoms with van der Waals surface area (Å²) < 4.78 is 8.92. The summed E-state index contributed by atoms with van der Waals surface area (Å²) in [6.07, 6.45) is 9.07. The predicted molar refractivity (Wildman–Crippen MR) is 134 cm³/mol. The molecule has 9 heteroatoms. The minimum absolute atomic E-state index is 0.00930. The molecule has 0 aromatic carbocycles. The lowest BCUT2D eigenvalue weighted by Crippen LogP contribution is -2.30. The number of allylic oxidation sites excluding steroid dienone is 4. The number of ether oxygens (including phenoxy) is 1. The lowest BCUT2D eigenvalue weighted by atomic mass is 10.2. The van der Waals surface area contributed by atoms with Gasteiger partial charge < -0.3 is 9.30 Å². The number of pyridine rings is 2. The van der Waals surface area contributed by atoms with E-state index in [0.29, 0.717) is 35.3 Å². The molecule has 0 aliphatic carbocycles. The molecule has 3 heterocycles. The molecular weight excluding hydrogens is 498 g/mol. The molecule has 3 rings (SSSR count). The Hall–Kier alpha value is -3.61. The smallest absolute Gasteiger partial charge is 0.267 e. The fraction of sp³-hybridized carbons (Fsp3) is 0.240. The molecule has 3 aromatic heterocycles. The minimum atomic E-state index is -0.444. The van der Waals surface area contributed by atoms with Crippen LogP contribution in [0.5, 0.6) is 0 Å². The molecule has 0 aliphatic rings. The van der Waals surface area contributed by atoms with Gasteiger partial charge in [-0.05, 0) is 31.0 Å². The second-order valence-electron chi connectivity index (χ2n) is 7.45. The van der Waals surface area contributed by atoms with Gasteiger partial charge in [0.05, 0.1) is 17.4 Å². The summed E-state index contributed by atoms with van der Waals surface area (Å²) in [5.41, 5.74) is 1.69. The molecule has 0 atom stereocenters. The van der Waals surface area contributed by atoms with E-state index < -0.39 is 5.91 Å². The Kier molecular flexibility index (Phi) is 8.46. The van der Waals surface area contributed by atoms with Crippen LogP contribution < -0.4 is 11.0 Å². The van der Waals surface area contributed by atoms with Crippen molar-refractivity contribution in [2.75, 3.05) is 13.7 Å². The first-order chi connectivity index (χ1) is 16.4. The van der Waals surface area contributed by atoms with Gasteiger partial charge in [-0.2, -0.15) is 10.3 Å². The first-order valence-electron chi connectivity index (χ1n) is 10.6. The van der Waals surface area contributed by atoms with E-state index in [1.807, 2.05) is 13.0 Å². The number of nitriles is 1. The molecule has 34 heavy (non-hydrogen) atoms. The molecule has 0 fully saturated rings. The number of nitrogens with zero attached hydrogens (tertiary/aromatic N) is 5. The van der Waals surface area contributed by atoms with Gasteiger partial charge in [-0.1, -0.05) is 52.9 Å². The number of amides is 1. The summed E-state index contributed by atoms with van der Waals surface area (Å²) in [5.74, 6) is -0.444. The van der Waals surface area contributed by atoms with Crippen molar-refractivity contribution in [1.82, 2.24) is 14.0 Å². The second-order valence-corrected chi connectivity index (χ2v) is 8.47. The number of fused-ring (bicyclic) bond motifs is 2. The molecule has 0 radical (unpaired) electrons. The molecule has 0 aliphatic heterocycles. The van der Waals surface area contributed by atoms with Crippen LogP contribution in [-0.4, -0.2) is 33.6 Å². The number of halogens is 1. The lowest BCUT2D eigenvalue weighted by molar-refractivity contribution is -0.117. The average molecular weight is 522 g/mol. The molecule has 0 N–H and O–H groups in total. The van der Waals surface area contributed by atoms with Crippen LogP contribution in [0.4, 0.5) is 0 Å². The molecule has 8 nitrogen and oxygen atoms in total. The summed E-state index contributed by atoms with van der Waals surface area (Å²) in [5, 5.41) is 10.1. The minimum Gasteiger partial charge on any atom is -0.385 e. The van der Waals surface area contributed by atoms with Crippen LogP contribution in [0, 0.1) is 18.3 Å². The van der Waals surface area contributed by atoms with Gasteiger partial charge in [0.1, 0.15) is 17.4 Å². The van der Waals surface area contributed by atoms with E-state index in [1.54, 1.807) is 48.2 Å². The van der Waals surface area contributed by atoms with Crippen molar-refractivity contribution in [1.29, 1.82) is 5.26 Å². The number of rotatable bonds is 8. The van der Waals surface area contributed by atoms with Crippen molar-refractivity contribution >= 4 is 38.5 Å². The Bertz CT molecular complexity index is 1490. The van der Waals surface area contributed by atoms with Crippen LogP contribution >= 0.6 is 15.9 Å². The van der Waals surface area contributed by atoms with Gasteiger partial charge in [-0.15, -0.1) is 0 Å². The van der Waals surface area contributed by atoms with Gasteiger partial charge in [-0.25, -0.2) is 4.98 Å². The number of methoxy groups -OCH3 is 1. The van der Waals surface area contributed by atoms with Crippen LogP contribution in [0.15, 0.2) is 69.5 Å². The number of hydrogen-bond acceptors (Lipinski definition) is 5. The number of aromatic nitrogens is 3. The van der Waals surface area contributed by atoms with E-state index in [2.05, 4.69) is 33.6 Å². The van der Waals surface area contributed by atoms with Crippen molar-refractivity contribution in [2.45, 2.75) is 26.3 Å². The van der Waals surface area contributed by atoms with Gasteiger partial charge >= 0.3 is 0 Å². The zero-order valence-corrected chi connectivity index (χ0v) is 20.6. The molecule has 0 saturated heterocycles. The van der Waals surface area contributed by atoms with Crippen LogP contribution in [0.25, 0.3) is 16.7 Å². The van der Waals surface area contributed by atoms with Crippen molar-refractivity contribution in [2.24, 2.45) is 4.99 Å². The van der Waals surface area contributed by atoms with E-state index in [1.165, 1.54) is 10.5 Å². The molecular formula is C25H24BrN5O3. The number of carbonyl (C=O) groups excluding carboxylic acids is 1. The summed E-state index contributed by atoms with van der Waals surface area (Å²) in [4.78, 5) is 35.0.